The predicted molar refractivity (Wildman–Crippen MR) is 95.9 cm³/mol. The van der Waals surface area contributed by atoms with Gasteiger partial charge in [-0.05, 0) is 30.5 Å². The molecule has 1 aromatic carbocycles. The number of hydrogen-bond donors (Lipinski definition) is 3. The lowest BCUT2D eigenvalue weighted by Gasteiger charge is -2.14. The van der Waals surface area contributed by atoms with Crippen molar-refractivity contribution in [2.45, 2.75) is 26.6 Å². The molecule has 0 aromatic heterocycles. The summed E-state index contributed by atoms with van der Waals surface area (Å²) >= 11 is 0. The average Bonchev–Trinajstić information content (AvgIpc) is 2.49. The summed E-state index contributed by atoms with van der Waals surface area (Å²) in [6, 6.07) is 4.95. The van der Waals surface area contributed by atoms with E-state index in [1.165, 1.54) is 12.1 Å². The number of alkyl halides is 3. The van der Waals surface area contributed by atoms with E-state index >= 15 is 0 Å². The molecule has 0 bridgehead atoms. The second-order valence-electron chi connectivity index (χ2n) is 5.06. The number of benzene rings is 1. The van der Waals surface area contributed by atoms with Crippen LogP contribution in [-0.2, 0) is 12.7 Å². The molecule has 1 rings (SSSR count). The molecule has 8 heteroatoms. The molecular formula is C15H23F3IN3O. The molecule has 0 radical (unpaired) electrons. The molecule has 4 nitrogen and oxygen atoms in total. The van der Waals surface area contributed by atoms with Crippen LogP contribution in [0.5, 0.6) is 0 Å². The van der Waals surface area contributed by atoms with Crippen LogP contribution in [0.2, 0.25) is 0 Å². The zero-order chi connectivity index (χ0) is 16.6. The average molecular weight is 445 g/mol. The van der Waals surface area contributed by atoms with Gasteiger partial charge < -0.3 is 15.7 Å². The fourth-order valence-electron chi connectivity index (χ4n) is 1.65. The Labute approximate surface area is 151 Å². The summed E-state index contributed by atoms with van der Waals surface area (Å²) in [5, 5.41) is 15.1. The summed E-state index contributed by atoms with van der Waals surface area (Å²) in [4.78, 5) is 4.31. The van der Waals surface area contributed by atoms with E-state index in [1.54, 1.807) is 0 Å². The lowest BCUT2D eigenvalue weighted by atomic mass is 10.1. The molecule has 0 spiro atoms. The Morgan fingerprint density at radius 3 is 2.30 bits per heavy atom. The van der Waals surface area contributed by atoms with Crippen LogP contribution in [0.25, 0.3) is 0 Å². The van der Waals surface area contributed by atoms with Crippen LogP contribution in [0.1, 0.15) is 25.0 Å². The molecular weight excluding hydrogens is 422 g/mol. The zero-order valence-corrected chi connectivity index (χ0v) is 15.5. The Bertz CT molecular complexity index is 478. The maximum atomic E-state index is 12.5. The van der Waals surface area contributed by atoms with E-state index < -0.39 is 11.7 Å². The largest absolute Gasteiger partial charge is 0.416 e. The molecule has 0 saturated heterocycles. The normalized spacial score (nSPS) is 13.2. The Hall–Kier alpha value is -1.03. The number of aliphatic hydroxyl groups is 1. The van der Waals surface area contributed by atoms with E-state index in [4.69, 9.17) is 5.11 Å². The number of aliphatic imine (C=N–C) groups is 1. The highest BCUT2D eigenvalue weighted by Crippen LogP contribution is 2.29. The Morgan fingerprint density at radius 1 is 1.22 bits per heavy atom. The van der Waals surface area contributed by atoms with Crippen LogP contribution in [0.3, 0.4) is 0 Å². The third-order valence-electron chi connectivity index (χ3n) is 2.97. The number of guanidine groups is 1. The van der Waals surface area contributed by atoms with Gasteiger partial charge in [0.05, 0.1) is 12.1 Å². The number of nitrogens with one attached hydrogen (secondary N) is 2. The number of aliphatic hydroxyl groups excluding tert-OH is 1. The quantitative estimate of drug-likeness (QED) is 0.359. The molecule has 0 saturated carbocycles. The van der Waals surface area contributed by atoms with Crippen LogP contribution in [0.15, 0.2) is 29.3 Å². The first-order valence-corrected chi connectivity index (χ1v) is 7.16. The molecule has 0 fully saturated rings. The summed E-state index contributed by atoms with van der Waals surface area (Å²) in [5.74, 6) is 0.664. The van der Waals surface area contributed by atoms with Crippen LogP contribution in [0.4, 0.5) is 13.2 Å². The molecule has 0 aliphatic rings. The fraction of sp³-hybridized carbons (Fsp3) is 0.533. The lowest BCUT2D eigenvalue weighted by Crippen LogP contribution is -2.39. The van der Waals surface area contributed by atoms with E-state index in [0.29, 0.717) is 24.6 Å². The minimum absolute atomic E-state index is 0. The molecule has 0 amide bonds. The van der Waals surface area contributed by atoms with Crippen molar-refractivity contribution in [3.05, 3.63) is 35.4 Å². The highest BCUT2D eigenvalue weighted by molar-refractivity contribution is 14.0. The van der Waals surface area contributed by atoms with Gasteiger partial charge in [0, 0.05) is 19.7 Å². The SMILES string of the molecule is CCNC(=NCc1ccc(C(F)(F)F)cc1)NCC(C)CO.I. The van der Waals surface area contributed by atoms with Gasteiger partial charge in [0.15, 0.2) is 5.96 Å². The highest BCUT2D eigenvalue weighted by atomic mass is 127. The minimum atomic E-state index is -4.32. The monoisotopic (exact) mass is 445 g/mol. The second-order valence-corrected chi connectivity index (χ2v) is 5.06. The molecule has 0 aliphatic heterocycles. The molecule has 1 atom stereocenters. The smallest absolute Gasteiger partial charge is 0.396 e. The van der Waals surface area contributed by atoms with Crippen molar-refractivity contribution < 1.29 is 18.3 Å². The van der Waals surface area contributed by atoms with Crippen LogP contribution >= 0.6 is 24.0 Å². The van der Waals surface area contributed by atoms with E-state index in [9.17, 15) is 13.2 Å². The van der Waals surface area contributed by atoms with E-state index in [-0.39, 0.29) is 43.0 Å². The van der Waals surface area contributed by atoms with Gasteiger partial charge in [-0.25, -0.2) is 4.99 Å². The fourth-order valence-corrected chi connectivity index (χ4v) is 1.65. The third kappa shape index (κ3) is 8.40. The van der Waals surface area contributed by atoms with Gasteiger partial charge in [0.1, 0.15) is 0 Å². The van der Waals surface area contributed by atoms with Gasteiger partial charge in [-0.1, -0.05) is 19.1 Å². The first-order chi connectivity index (χ1) is 10.4. The van der Waals surface area contributed by atoms with Crippen LogP contribution in [-0.4, -0.2) is 30.8 Å². The van der Waals surface area contributed by atoms with E-state index in [1.807, 2.05) is 13.8 Å². The first-order valence-electron chi connectivity index (χ1n) is 7.16. The predicted octanol–water partition coefficient (Wildman–Crippen LogP) is 3.01. The molecule has 1 aromatic rings. The molecule has 132 valence electrons. The van der Waals surface area contributed by atoms with Gasteiger partial charge in [-0.3, -0.25) is 0 Å². The minimum Gasteiger partial charge on any atom is -0.396 e. The van der Waals surface area contributed by atoms with Crippen molar-refractivity contribution >= 4 is 29.9 Å². The van der Waals surface area contributed by atoms with Crippen molar-refractivity contribution in [3.63, 3.8) is 0 Å². The summed E-state index contributed by atoms with van der Waals surface area (Å²) in [6.07, 6.45) is -4.32. The number of rotatable bonds is 6. The van der Waals surface area contributed by atoms with Crippen molar-refractivity contribution in [3.8, 4) is 0 Å². The Morgan fingerprint density at radius 2 is 1.83 bits per heavy atom. The molecule has 0 heterocycles. The summed E-state index contributed by atoms with van der Waals surface area (Å²) in [6.45, 7) is 5.41. The maximum Gasteiger partial charge on any atom is 0.416 e. The topological polar surface area (TPSA) is 56.7 Å². The van der Waals surface area contributed by atoms with E-state index in [2.05, 4.69) is 15.6 Å². The first kappa shape index (κ1) is 22.0. The number of halogens is 4. The second kappa shape index (κ2) is 10.7. The maximum absolute atomic E-state index is 12.5. The van der Waals surface area contributed by atoms with Crippen molar-refractivity contribution in [1.82, 2.24) is 10.6 Å². The van der Waals surface area contributed by atoms with Gasteiger partial charge in [-0.15, -0.1) is 24.0 Å². The van der Waals surface area contributed by atoms with Crippen LogP contribution < -0.4 is 10.6 Å². The number of hydrogen-bond acceptors (Lipinski definition) is 2. The van der Waals surface area contributed by atoms with Crippen molar-refractivity contribution in [2.24, 2.45) is 10.9 Å². The Balaban J connectivity index is 0.00000484. The molecule has 0 aliphatic carbocycles. The summed E-state index contributed by atoms with van der Waals surface area (Å²) in [5.41, 5.74) is 0.0300. The van der Waals surface area contributed by atoms with Crippen molar-refractivity contribution in [1.29, 1.82) is 0 Å². The number of nitrogens with zero attached hydrogens (tertiary/aromatic N) is 1. The summed E-state index contributed by atoms with van der Waals surface area (Å²) in [7, 11) is 0. The molecule has 23 heavy (non-hydrogen) atoms. The summed E-state index contributed by atoms with van der Waals surface area (Å²) < 4.78 is 37.4. The third-order valence-corrected chi connectivity index (χ3v) is 2.97. The van der Waals surface area contributed by atoms with Crippen LogP contribution in [0, 0.1) is 5.92 Å². The van der Waals surface area contributed by atoms with Gasteiger partial charge in [0.2, 0.25) is 0 Å². The standard InChI is InChI=1S/C15H22F3N3O.HI/c1-3-19-14(20-8-11(2)10-22)21-9-12-4-6-13(7-5-12)15(16,17)18;/h4-7,11,22H,3,8-10H2,1-2H3,(H2,19,20,21);1H. The van der Waals surface area contributed by atoms with Crippen molar-refractivity contribution in [2.75, 3.05) is 19.7 Å². The lowest BCUT2D eigenvalue weighted by molar-refractivity contribution is -0.137. The zero-order valence-electron chi connectivity index (χ0n) is 13.2. The molecule has 1 unspecified atom stereocenters. The van der Waals surface area contributed by atoms with E-state index in [0.717, 1.165) is 12.1 Å². The highest BCUT2D eigenvalue weighted by Gasteiger charge is 2.29. The van der Waals surface area contributed by atoms with Gasteiger partial charge >= 0.3 is 6.18 Å². The Kier molecular flexibility index (Phi) is 10.2. The van der Waals surface area contributed by atoms with Gasteiger partial charge in [-0.2, -0.15) is 13.2 Å². The molecule has 3 N–H and O–H groups in total. The van der Waals surface area contributed by atoms with Gasteiger partial charge in [0.25, 0.3) is 0 Å².